The van der Waals surface area contributed by atoms with Crippen molar-refractivity contribution < 1.29 is 19.1 Å². The molecule has 7 heteroatoms. The second kappa shape index (κ2) is 8.45. The maximum absolute atomic E-state index is 12.0. The summed E-state index contributed by atoms with van der Waals surface area (Å²) in [6, 6.07) is 3.48. The van der Waals surface area contributed by atoms with E-state index in [0.29, 0.717) is 9.21 Å². The molecule has 0 saturated carbocycles. The first kappa shape index (κ1) is 17.9. The number of carbonyl (C=O) groups excluding carboxylic acids is 3. The van der Waals surface area contributed by atoms with Gasteiger partial charge in [-0.3, -0.25) is 14.4 Å². The van der Waals surface area contributed by atoms with Crippen LogP contribution in [0, 0.1) is 0 Å². The van der Waals surface area contributed by atoms with Crippen molar-refractivity contribution in [3.63, 3.8) is 0 Å². The van der Waals surface area contributed by atoms with E-state index in [2.05, 4.69) is 0 Å². The average molecular weight is 358 g/mol. The minimum absolute atomic E-state index is 0.0306. The van der Waals surface area contributed by atoms with Crippen molar-refractivity contribution in [2.75, 3.05) is 13.2 Å². The number of ketones is 1. The van der Waals surface area contributed by atoms with Gasteiger partial charge in [0.2, 0.25) is 0 Å². The first-order chi connectivity index (χ1) is 11.0. The van der Waals surface area contributed by atoms with Crippen LogP contribution in [0.25, 0.3) is 0 Å². The third-order valence-corrected chi connectivity index (χ3v) is 5.16. The van der Waals surface area contributed by atoms with Crippen molar-refractivity contribution >= 4 is 40.6 Å². The minimum Gasteiger partial charge on any atom is -0.456 e. The fraction of sp³-hybridized carbons (Fsp3) is 0.562. The Bertz CT molecular complexity index is 586. The SMILES string of the molecule is CC1CCCCN1C(=O)COC(=O)CCC(=O)c1ccc(Cl)s1. The number of piperidine rings is 1. The molecule has 1 atom stereocenters. The number of hydrogen-bond acceptors (Lipinski definition) is 5. The number of Topliss-reactive ketones (excluding diaryl/α,β-unsaturated/α-hetero) is 1. The monoisotopic (exact) mass is 357 g/mol. The molecule has 1 aliphatic heterocycles. The van der Waals surface area contributed by atoms with Crippen molar-refractivity contribution in [3.8, 4) is 0 Å². The van der Waals surface area contributed by atoms with Crippen LogP contribution in [-0.2, 0) is 14.3 Å². The summed E-state index contributed by atoms with van der Waals surface area (Å²) in [6.07, 6.45) is 3.13. The summed E-state index contributed by atoms with van der Waals surface area (Å²) in [4.78, 5) is 37.9. The van der Waals surface area contributed by atoms with Crippen molar-refractivity contribution in [2.24, 2.45) is 0 Å². The lowest BCUT2D eigenvalue weighted by atomic mass is 10.0. The number of hydrogen-bond donors (Lipinski definition) is 0. The molecule has 1 saturated heterocycles. The molecule has 1 aromatic heterocycles. The van der Waals surface area contributed by atoms with Gasteiger partial charge in [0.05, 0.1) is 15.6 Å². The van der Waals surface area contributed by atoms with Crippen LogP contribution in [-0.4, -0.2) is 41.8 Å². The maximum Gasteiger partial charge on any atom is 0.306 e. The summed E-state index contributed by atoms with van der Waals surface area (Å²) < 4.78 is 5.53. The van der Waals surface area contributed by atoms with E-state index < -0.39 is 5.97 Å². The minimum atomic E-state index is -0.529. The summed E-state index contributed by atoms with van der Waals surface area (Å²) in [5.41, 5.74) is 0. The zero-order valence-corrected chi connectivity index (χ0v) is 14.6. The Morgan fingerprint density at radius 1 is 1.30 bits per heavy atom. The second-order valence-electron chi connectivity index (χ2n) is 5.62. The van der Waals surface area contributed by atoms with Crippen LogP contribution in [0.5, 0.6) is 0 Å². The van der Waals surface area contributed by atoms with Gasteiger partial charge in [0, 0.05) is 19.0 Å². The topological polar surface area (TPSA) is 63.7 Å². The van der Waals surface area contributed by atoms with Gasteiger partial charge < -0.3 is 9.64 Å². The maximum atomic E-state index is 12.0. The van der Waals surface area contributed by atoms with Crippen LogP contribution < -0.4 is 0 Å². The van der Waals surface area contributed by atoms with E-state index >= 15 is 0 Å². The molecule has 5 nitrogen and oxygen atoms in total. The fourth-order valence-corrected chi connectivity index (χ4v) is 3.58. The molecule has 1 unspecified atom stereocenters. The summed E-state index contributed by atoms with van der Waals surface area (Å²) in [7, 11) is 0. The fourth-order valence-electron chi connectivity index (χ4n) is 2.57. The summed E-state index contributed by atoms with van der Waals surface area (Å²) in [5, 5.41) is 0. The number of esters is 1. The van der Waals surface area contributed by atoms with E-state index in [9.17, 15) is 14.4 Å². The molecule has 2 heterocycles. The highest BCUT2D eigenvalue weighted by molar-refractivity contribution is 7.18. The van der Waals surface area contributed by atoms with Crippen LogP contribution in [0.3, 0.4) is 0 Å². The van der Waals surface area contributed by atoms with Crippen LogP contribution in [0.15, 0.2) is 12.1 Å². The average Bonchev–Trinajstić information content (AvgIpc) is 2.97. The predicted octanol–water partition coefficient (Wildman–Crippen LogP) is 3.31. The number of rotatable bonds is 6. The zero-order valence-electron chi connectivity index (χ0n) is 13.0. The van der Waals surface area contributed by atoms with Gasteiger partial charge in [-0.2, -0.15) is 0 Å². The Morgan fingerprint density at radius 2 is 2.09 bits per heavy atom. The van der Waals surface area contributed by atoms with Gasteiger partial charge >= 0.3 is 5.97 Å². The molecule has 0 N–H and O–H groups in total. The van der Waals surface area contributed by atoms with E-state index in [1.165, 1.54) is 11.3 Å². The van der Waals surface area contributed by atoms with Crippen LogP contribution >= 0.6 is 22.9 Å². The molecule has 1 fully saturated rings. The number of amides is 1. The third-order valence-electron chi connectivity index (χ3n) is 3.88. The second-order valence-corrected chi connectivity index (χ2v) is 7.33. The quantitative estimate of drug-likeness (QED) is 0.578. The summed E-state index contributed by atoms with van der Waals surface area (Å²) >= 11 is 6.96. The van der Waals surface area contributed by atoms with Gasteiger partial charge in [0.15, 0.2) is 12.4 Å². The molecule has 2 rings (SSSR count). The van der Waals surface area contributed by atoms with E-state index in [1.807, 2.05) is 6.92 Å². The lowest BCUT2D eigenvalue weighted by Gasteiger charge is -2.33. The molecule has 23 heavy (non-hydrogen) atoms. The Morgan fingerprint density at radius 3 is 2.74 bits per heavy atom. The van der Waals surface area contributed by atoms with Gasteiger partial charge in [-0.25, -0.2) is 0 Å². The Balaban J connectivity index is 1.70. The van der Waals surface area contributed by atoms with Gasteiger partial charge in [-0.1, -0.05) is 11.6 Å². The van der Waals surface area contributed by atoms with E-state index in [1.54, 1.807) is 17.0 Å². The molecule has 0 bridgehead atoms. The Hall–Kier alpha value is -1.40. The normalized spacial score (nSPS) is 17.8. The first-order valence-electron chi connectivity index (χ1n) is 7.71. The molecule has 1 amide bonds. The summed E-state index contributed by atoms with van der Waals surface area (Å²) in [5.74, 6) is -0.837. The summed E-state index contributed by atoms with van der Waals surface area (Å²) in [6.45, 7) is 2.47. The van der Waals surface area contributed by atoms with Gasteiger partial charge in [-0.15, -0.1) is 11.3 Å². The highest BCUT2D eigenvalue weighted by Crippen LogP contribution is 2.23. The smallest absolute Gasteiger partial charge is 0.306 e. The van der Waals surface area contributed by atoms with E-state index in [0.717, 1.165) is 25.8 Å². The lowest BCUT2D eigenvalue weighted by molar-refractivity contribution is -0.153. The number of likely N-dealkylation sites (tertiary alicyclic amines) is 1. The standard InChI is InChI=1S/C16H20ClNO4S/c1-11-4-2-3-9-18(11)15(20)10-22-16(21)8-5-12(19)13-6-7-14(17)23-13/h6-7,11H,2-5,8-10H2,1H3. The number of thiophene rings is 1. The van der Waals surface area contributed by atoms with Gasteiger partial charge in [-0.05, 0) is 38.3 Å². The van der Waals surface area contributed by atoms with Crippen LogP contribution in [0.4, 0.5) is 0 Å². The first-order valence-corrected chi connectivity index (χ1v) is 8.90. The lowest BCUT2D eigenvalue weighted by Crippen LogP contribution is -2.44. The van der Waals surface area contributed by atoms with Crippen LogP contribution in [0.1, 0.15) is 48.7 Å². The molecular weight excluding hydrogens is 338 g/mol. The van der Waals surface area contributed by atoms with E-state index in [4.69, 9.17) is 16.3 Å². The molecule has 126 valence electrons. The molecule has 1 aliphatic rings. The third kappa shape index (κ3) is 5.32. The molecular formula is C16H20ClNO4S. The number of ether oxygens (including phenoxy) is 1. The van der Waals surface area contributed by atoms with Gasteiger partial charge in [0.1, 0.15) is 0 Å². The highest BCUT2D eigenvalue weighted by Gasteiger charge is 2.24. The Kier molecular flexibility index (Phi) is 6.59. The largest absolute Gasteiger partial charge is 0.456 e. The van der Waals surface area contributed by atoms with Gasteiger partial charge in [0.25, 0.3) is 5.91 Å². The highest BCUT2D eigenvalue weighted by atomic mass is 35.5. The molecule has 0 aromatic carbocycles. The van der Waals surface area contributed by atoms with Crippen molar-refractivity contribution in [1.29, 1.82) is 0 Å². The number of carbonyl (C=O) groups is 3. The van der Waals surface area contributed by atoms with Crippen molar-refractivity contribution in [3.05, 3.63) is 21.3 Å². The molecule has 0 radical (unpaired) electrons. The molecule has 0 spiro atoms. The van der Waals surface area contributed by atoms with Crippen molar-refractivity contribution in [1.82, 2.24) is 4.90 Å². The predicted molar refractivity (Wildman–Crippen MR) is 88.9 cm³/mol. The van der Waals surface area contributed by atoms with Crippen molar-refractivity contribution in [2.45, 2.75) is 45.1 Å². The zero-order chi connectivity index (χ0) is 16.8. The van der Waals surface area contributed by atoms with E-state index in [-0.39, 0.29) is 37.2 Å². The number of halogens is 1. The number of nitrogens with zero attached hydrogens (tertiary/aromatic N) is 1. The van der Waals surface area contributed by atoms with Crippen LogP contribution in [0.2, 0.25) is 4.34 Å². The Labute approximate surface area is 144 Å². The molecule has 0 aliphatic carbocycles. The molecule has 1 aromatic rings.